The topological polar surface area (TPSA) is 124 Å². The number of hydrogen-bond donors (Lipinski definition) is 1. The molecule has 4 rings (SSSR count). The van der Waals surface area contributed by atoms with Crippen molar-refractivity contribution in [3.8, 4) is 11.5 Å². The predicted molar refractivity (Wildman–Crippen MR) is 115 cm³/mol. The van der Waals surface area contributed by atoms with Crippen LogP contribution in [0, 0.1) is 10.1 Å². The molecule has 0 bridgehead atoms. The SMILES string of the molecule is COc1cc(C(=O)Nc2ccc3c(c2)N(C(=O)c2ccco2)CC3)c([N+](=O)[O-])cc1OC. The van der Waals surface area contributed by atoms with Crippen LogP contribution in [0.15, 0.2) is 53.1 Å². The minimum Gasteiger partial charge on any atom is -0.493 e. The molecule has 0 saturated carbocycles. The first-order valence-corrected chi connectivity index (χ1v) is 9.63. The minimum absolute atomic E-state index is 0.139. The number of methoxy groups -OCH3 is 2. The van der Waals surface area contributed by atoms with Crippen molar-refractivity contribution in [1.29, 1.82) is 0 Å². The number of anilines is 2. The molecule has 0 saturated heterocycles. The zero-order valence-corrected chi connectivity index (χ0v) is 17.3. The molecule has 3 aromatic rings. The maximum Gasteiger partial charge on any atom is 0.293 e. The average Bonchev–Trinajstić information content (AvgIpc) is 3.47. The Morgan fingerprint density at radius 3 is 2.53 bits per heavy atom. The van der Waals surface area contributed by atoms with Crippen molar-refractivity contribution in [1.82, 2.24) is 0 Å². The van der Waals surface area contributed by atoms with Gasteiger partial charge in [0.15, 0.2) is 17.3 Å². The van der Waals surface area contributed by atoms with E-state index in [1.165, 1.54) is 26.5 Å². The van der Waals surface area contributed by atoms with Crippen molar-refractivity contribution in [3.63, 3.8) is 0 Å². The molecule has 1 N–H and O–H groups in total. The molecule has 32 heavy (non-hydrogen) atoms. The maximum absolute atomic E-state index is 12.9. The van der Waals surface area contributed by atoms with E-state index in [-0.39, 0.29) is 28.7 Å². The van der Waals surface area contributed by atoms with Gasteiger partial charge in [-0.2, -0.15) is 0 Å². The lowest BCUT2D eigenvalue weighted by Crippen LogP contribution is -2.28. The quantitative estimate of drug-likeness (QED) is 0.461. The Hall–Kier alpha value is -4.34. The minimum atomic E-state index is -0.695. The summed E-state index contributed by atoms with van der Waals surface area (Å²) in [5.74, 6) is -0.437. The standard InChI is InChI=1S/C22H19N3O7/c1-30-19-11-15(17(25(28)29)12-20(19)31-2)21(26)23-14-6-5-13-7-8-24(16(13)10-14)22(27)18-4-3-9-32-18/h3-6,9-12H,7-8H2,1-2H3,(H,23,26). The number of carbonyl (C=O) groups excluding carboxylic acids is 2. The Morgan fingerprint density at radius 1 is 1.12 bits per heavy atom. The molecule has 0 unspecified atom stereocenters. The molecule has 0 aliphatic carbocycles. The first-order valence-electron chi connectivity index (χ1n) is 9.63. The van der Waals surface area contributed by atoms with Gasteiger partial charge in [0.25, 0.3) is 17.5 Å². The molecule has 2 amide bonds. The van der Waals surface area contributed by atoms with Gasteiger partial charge in [-0.3, -0.25) is 19.7 Å². The second-order valence-electron chi connectivity index (χ2n) is 6.96. The third kappa shape index (κ3) is 3.73. The molecule has 1 aromatic heterocycles. The van der Waals surface area contributed by atoms with Gasteiger partial charge in [-0.1, -0.05) is 6.07 Å². The molecule has 0 spiro atoms. The number of nitrogens with one attached hydrogen (secondary N) is 1. The monoisotopic (exact) mass is 437 g/mol. The number of amides is 2. The van der Waals surface area contributed by atoms with Gasteiger partial charge in [0.2, 0.25) is 0 Å². The van der Waals surface area contributed by atoms with Crippen LogP contribution >= 0.6 is 0 Å². The summed E-state index contributed by atoms with van der Waals surface area (Å²) in [6, 6.07) is 10.8. The molecule has 0 atom stereocenters. The lowest BCUT2D eigenvalue weighted by molar-refractivity contribution is -0.385. The summed E-state index contributed by atoms with van der Waals surface area (Å²) in [6.07, 6.45) is 2.09. The van der Waals surface area contributed by atoms with Crippen LogP contribution in [0.5, 0.6) is 11.5 Å². The van der Waals surface area contributed by atoms with Crippen molar-refractivity contribution in [3.05, 3.63) is 75.7 Å². The highest BCUT2D eigenvalue weighted by molar-refractivity contribution is 6.09. The van der Waals surface area contributed by atoms with Gasteiger partial charge in [0, 0.05) is 24.0 Å². The van der Waals surface area contributed by atoms with Gasteiger partial charge in [0.1, 0.15) is 5.56 Å². The van der Waals surface area contributed by atoms with Crippen LogP contribution in [-0.2, 0) is 6.42 Å². The van der Waals surface area contributed by atoms with E-state index in [1.807, 2.05) is 6.07 Å². The highest BCUT2D eigenvalue weighted by Gasteiger charge is 2.28. The summed E-state index contributed by atoms with van der Waals surface area (Å²) in [5, 5.41) is 14.2. The Labute approximate surface area is 182 Å². The van der Waals surface area contributed by atoms with Crippen molar-refractivity contribution in [2.24, 2.45) is 0 Å². The molecule has 2 aromatic carbocycles. The Bertz CT molecular complexity index is 1200. The van der Waals surface area contributed by atoms with Crippen LogP contribution in [0.3, 0.4) is 0 Å². The molecule has 10 heteroatoms. The number of hydrogen-bond acceptors (Lipinski definition) is 7. The zero-order chi connectivity index (χ0) is 22.8. The van der Waals surface area contributed by atoms with Crippen LogP contribution in [0.4, 0.5) is 17.1 Å². The molecule has 0 fully saturated rings. The summed E-state index contributed by atoms with van der Waals surface area (Å²) in [4.78, 5) is 38.0. The first-order chi connectivity index (χ1) is 15.4. The molecule has 164 valence electrons. The van der Waals surface area contributed by atoms with E-state index in [1.54, 1.807) is 29.2 Å². The van der Waals surface area contributed by atoms with E-state index < -0.39 is 16.5 Å². The molecule has 10 nitrogen and oxygen atoms in total. The summed E-state index contributed by atoms with van der Waals surface area (Å²) in [7, 11) is 2.72. The molecule has 2 heterocycles. The van der Waals surface area contributed by atoms with Gasteiger partial charge in [-0.15, -0.1) is 0 Å². The Balaban J connectivity index is 1.63. The van der Waals surface area contributed by atoms with Crippen LogP contribution in [0.2, 0.25) is 0 Å². The largest absolute Gasteiger partial charge is 0.493 e. The fourth-order valence-corrected chi connectivity index (χ4v) is 3.60. The van der Waals surface area contributed by atoms with E-state index in [2.05, 4.69) is 5.32 Å². The maximum atomic E-state index is 12.9. The van der Waals surface area contributed by atoms with Crippen molar-refractivity contribution in [2.45, 2.75) is 6.42 Å². The van der Waals surface area contributed by atoms with E-state index in [0.29, 0.717) is 24.3 Å². The van der Waals surface area contributed by atoms with Crippen molar-refractivity contribution in [2.75, 3.05) is 31.0 Å². The molecular weight excluding hydrogens is 418 g/mol. The van der Waals surface area contributed by atoms with Crippen LogP contribution < -0.4 is 19.7 Å². The highest BCUT2D eigenvalue weighted by Crippen LogP contribution is 2.36. The van der Waals surface area contributed by atoms with E-state index in [4.69, 9.17) is 13.9 Å². The normalized spacial score (nSPS) is 12.2. The number of fused-ring (bicyclic) bond motifs is 1. The van der Waals surface area contributed by atoms with Crippen molar-refractivity contribution >= 4 is 28.9 Å². The molecule has 0 radical (unpaired) electrons. The molecule has 1 aliphatic rings. The summed E-state index contributed by atoms with van der Waals surface area (Å²) >= 11 is 0. The predicted octanol–water partition coefficient (Wildman–Crippen LogP) is 3.66. The Morgan fingerprint density at radius 2 is 1.88 bits per heavy atom. The second-order valence-corrected chi connectivity index (χ2v) is 6.96. The number of furan rings is 1. The fraction of sp³-hybridized carbons (Fsp3) is 0.182. The number of benzene rings is 2. The smallest absolute Gasteiger partial charge is 0.293 e. The zero-order valence-electron chi connectivity index (χ0n) is 17.3. The highest BCUT2D eigenvalue weighted by atomic mass is 16.6. The van der Waals surface area contributed by atoms with Gasteiger partial charge in [-0.05, 0) is 36.2 Å². The number of nitrogens with zero attached hydrogens (tertiary/aromatic N) is 2. The van der Waals surface area contributed by atoms with Crippen LogP contribution in [-0.4, -0.2) is 37.5 Å². The average molecular weight is 437 g/mol. The van der Waals surface area contributed by atoms with Gasteiger partial charge >= 0.3 is 0 Å². The van der Waals surface area contributed by atoms with E-state index in [9.17, 15) is 19.7 Å². The summed E-state index contributed by atoms with van der Waals surface area (Å²) in [6.45, 7) is 0.480. The summed E-state index contributed by atoms with van der Waals surface area (Å²) < 4.78 is 15.5. The lowest BCUT2D eigenvalue weighted by atomic mass is 10.1. The number of ether oxygens (including phenoxy) is 2. The number of rotatable bonds is 6. The lowest BCUT2D eigenvalue weighted by Gasteiger charge is -2.17. The van der Waals surface area contributed by atoms with E-state index >= 15 is 0 Å². The van der Waals surface area contributed by atoms with Crippen LogP contribution in [0.1, 0.15) is 26.5 Å². The fourth-order valence-electron chi connectivity index (χ4n) is 3.60. The van der Waals surface area contributed by atoms with Gasteiger partial charge in [-0.25, -0.2) is 0 Å². The first kappa shape index (κ1) is 20.9. The third-order valence-electron chi connectivity index (χ3n) is 5.16. The molecular formula is C22H19N3O7. The second kappa shape index (κ2) is 8.42. The third-order valence-corrected chi connectivity index (χ3v) is 5.16. The molecule has 1 aliphatic heterocycles. The van der Waals surface area contributed by atoms with Crippen molar-refractivity contribution < 1.29 is 28.4 Å². The number of nitro benzene ring substituents is 1. The number of carbonyl (C=O) groups is 2. The van der Waals surface area contributed by atoms with Gasteiger partial charge in [0.05, 0.1) is 31.5 Å². The van der Waals surface area contributed by atoms with Crippen LogP contribution in [0.25, 0.3) is 0 Å². The number of nitro groups is 1. The Kier molecular flexibility index (Phi) is 5.50. The van der Waals surface area contributed by atoms with Gasteiger partial charge < -0.3 is 24.1 Å². The summed E-state index contributed by atoms with van der Waals surface area (Å²) in [5.41, 5.74) is 1.37. The van der Waals surface area contributed by atoms with E-state index in [0.717, 1.165) is 11.6 Å².